The van der Waals surface area contributed by atoms with Gasteiger partial charge in [0.25, 0.3) is 0 Å². The van der Waals surface area contributed by atoms with E-state index in [4.69, 9.17) is 5.73 Å². The smallest absolute Gasteiger partial charge is 0.196 e. The zero-order valence-corrected chi connectivity index (χ0v) is 13.8. The molecule has 0 saturated heterocycles. The highest BCUT2D eigenvalue weighted by Gasteiger charge is 2.31. The Morgan fingerprint density at radius 3 is 2.32 bits per heavy atom. The largest absolute Gasteiger partial charge is 0.390 e. The number of nitrogens with two attached hydrogens (primary N) is 1. The van der Waals surface area contributed by atoms with Gasteiger partial charge < -0.3 is 21.5 Å². The molecule has 6 nitrogen and oxygen atoms in total. The highest BCUT2D eigenvalue weighted by atomic mass is 16.3. The van der Waals surface area contributed by atoms with Crippen LogP contribution < -0.4 is 16.4 Å². The van der Waals surface area contributed by atoms with Crippen LogP contribution in [-0.2, 0) is 0 Å². The summed E-state index contributed by atoms with van der Waals surface area (Å²) in [5, 5.41) is 16.1. The predicted octanol–water partition coefficient (Wildman–Crippen LogP) is 0.783. The number of aliphatic hydroxyl groups is 1. The lowest BCUT2D eigenvalue weighted by atomic mass is 9.83. The number of hydrogen-bond acceptors (Lipinski definition) is 6. The van der Waals surface area contributed by atoms with Crippen LogP contribution in [0.3, 0.4) is 0 Å². The van der Waals surface area contributed by atoms with Gasteiger partial charge in [0.1, 0.15) is 0 Å². The van der Waals surface area contributed by atoms with Crippen LogP contribution in [0.25, 0.3) is 0 Å². The number of aliphatic hydroxyl groups excluding tert-OH is 1. The van der Waals surface area contributed by atoms with Crippen molar-refractivity contribution in [2.75, 3.05) is 31.5 Å². The van der Waals surface area contributed by atoms with Crippen molar-refractivity contribution in [2.24, 2.45) is 5.73 Å². The first-order valence-electron chi connectivity index (χ1n) is 8.27. The molecule has 25 heavy (non-hydrogen) atoms. The van der Waals surface area contributed by atoms with Gasteiger partial charge in [-0.2, -0.15) is 0 Å². The quantitative estimate of drug-likeness (QED) is 0.474. The van der Waals surface area contributed by atoms with Crippen LogP contribution in [-0.4, -0.2) is 49.0 Å². The number of hydrogen-bond donors (Lipinski definition) is 4. The number of ketones is 2. The molecule has 1 unspecified atom stereocenters. The average Bonchev–Trinajstić information content (AvgIpc) is 2.64. The molecule has 0 aromatic heterocycles. The number of fused-ring (bicyclic) bond motifs is 2. The summed E-state index contributed by atoms with van der Waals surface area (Å²) < 4.78 is 0. The van der Waals surface area contributed by atoms with E-state index in [0.29, 0.717) is 47.6 Å². The summed E-state index contributed by atoms with van der Waals surface area (Å²) in [6.45, 7) is 1.79. The normalized spacial score (nSPS) is 14.0. The van der Waals surface area contributed by atoms with Crippen molar-refractivity contribution in [1.82, 2.24) is 5.32 Å². The summed E-state index contributed by atoms with van der Waals surface area (Å²) in [7, 11) is 0. The molecule has 3 rings (SSSR count). The lowest BCUT2D eigenvalue weighted by molar-refractivity contribution is 0.0979. The lowest BCUT2D eigenvalue weighted by Gasteiger charge is -2.21. The number of carbonyl (C=O) groups is 2. The minimum absolute atomic E-state index is 0.154. The van der Waals surface area contributed by atoms with Gasteiger partial charge in [-0.3, -0.25) is 9.59 Å². The molecule has 0 saturated carbocycles. The Morgan fingerprint density at radius 2 is 1.60 bits per heavy atom. The minimum Gasteiger partial charge on any atom is -0.390 e. The maximum atomic E-state index is 12.8. The zero-order chi connectivity index (χ0) is 17.8. The predicted molar refractivity (Wildman–Crippen MR) is 96.2 cm³/mol. The molecule has 5 N–H and O–H groups in total. The maximum absolute atomic E-state index is 12.8. The Morgan fingerprint density at radius 1 is 0.920 bits per heavy atom. The molecule has 0 heterocycles. The molecule has 1 atom stereocenters. The van der Waals surface area contributed by atoms with Gasteiger partial charge in [-0.1, -0.05) is 36.4 Å². The van der Waals surface area contributed by atoms with E-state index < -0.39 is 6.10 Å². The number of anilines is 1. The fourth-order valence-electron chi connectivity index (χ4n) is 2.96. The van der Waals surface area contributed by atoms with Gasteiger partial charge in [0.15, 0.2) is 11.6 Å². The van der Waals surface area contributed by atoms with Crippen LogP contribution in [0.2, 0.25) is 0 Å². The molecule has 130 valence electrons. The number of benzene rings is 2. The van der Waals surface area contributed by atoms with Gasteiger partial charge in [0.2, 0.25) is 0 Å². The van der Waals surface area contributed by atoms with Crippen molar-refractivity contribution in [1.29, 1.82) is 0 Å². The number of rotatable bonds is 7. The third-order valence-electron chi connectivity index (χ3n) is 4.18. The minimum atomic E-state index is -0.635. The van der Waals surface area contributed by atoms with E-state index >= 15 is 0 Å². The van der Waals surface area contributed by atoms with E-state index in [0.717, 1.165) is 0 Å². The second-order valence-electron chi connectivity index (χ2n) is 5.96. The van der Waals surface area contributed by atoms with Crippen molar-refractivity contribution in [3.05, 3.63) is 64.7 Å². The maximum Gasteiger partial charge on any atom is 0.196 e. The summed E-state index contributed by atoms with van der Waals surface area (Å²) in [6.07, 6.45) is -0.635. The standard InChI is InChI=1S/C19H21N3O3/c20-8-9-21-10-12(23)11-22-16-7-3-6-15-17(16)19(25)14-5-2-1-4-13(14)18(15)24/h1-7,12,21-23H,8-11,20H2. The third kappa shape index (κ3) is 3.46. The molecule has 6 heteroatoms. The van der Waals surface area contributed by atoms with E-state index in [1.165, 1.54) is 0 Å². The fraction of sp³-hybridized carbons (Fsp3) is 0.263. The molecule has 0 radical (unpaired) electrons. The van der Waals surface area contributed by atoms with Crippen LogP contribution >= 0.6 is 0 Å². The molecule has 2 aromatic rings. The van der Waals surface area contributed by atoms with Gasteiger partial charge in [0, 0.05) is 48.6 Å². The first-order chi connectivity index (χ1) is 12.1. The topological polar surface area (TPSA) is 104 Å². The molecule has 0 amide bonds. The lowest BCUT2D eigenvalue weighted by Crippen LogP contribution is -2.35. The molecule has 1 aliphatic rings. The first-order valence-corrected chi connectivity index (χ1v) is 8.27. The monoisotopic (exact) mass is 339 g/mol. The number of nitrogens with one attached hydrogen (secondary N) is 2. The van der Waals surface area contributed by atoms with E-state index in [1.54, 1.807) is 42.5 Å². The van der Waals surface area contributed by atoms with Crippen molar-refractivity contribution >= 4 is 17.3 Å². The Hall–Kier alpha value is -2.54. The van der Waals surface area contributed by atoms with Crippen LogP contribution in [0.1, 0.15) is 31.8 Å². The second-order valence-corrected chi connectivity index (χ2v) is 5.96. The van der Waals surface area contributed by atoms with Crippen LogP contribution in [0.15, 0.2) is 42.5 Å². The summed E-state index contributed by atoms with van der Waals surface area (Å²) in [6, 6.07) is 12.0. The average molecular weight is 339 g/mol. The fourth-order valence-corrected chi connectivity index (χ4v) is 2.96. The Balaban J connectivity index is 1.82. The molecule has 0 aliphatic heterocycles. The third-order valence-corrected chi connectivity index (χ3v) is 4.18. The van der Waals surface area contributed by atoms with E-state index in [2.05, 4.69) is 10.6 Å². The second kappa shape index (κ2) is 7.57. The van der Waals surface area contributed by atoms with Gasteiger partial charge in [0.05, 0.1) is 11.7 Å². The van der Waals surface area contributed by atoms with Gasteiger partial charge in [-0.25, -0.2) is 0 Å². The van der Waals surface area contributed by atoms with Crippen molar-refractivity contribution in [2.45, 2.75) is 6.10 Å². The van der Waals surface area contributed by atoms with Gasteiger partial charge in [-0.05, 0) is 6.07 Å². The molecule has 2 aromatic carbocycles. The summed E-state index contributed by atoms with van der Waals surface area (Å²) in [5.41, 5.74) is 7.56. The Labute approximate surface area is 146 Å². The zero-order valence-electron chi connectivity index (χ0n) is 13.8. The Kier molecular flexibility index (Phi) is 5.23. The van der Waals surface area contributed by atoms with E-state index in [-0.39, 0.29) is 18.1 Å². The Bertz CT molecular complexity index is 804. The molecule has 0 bridgehead atoms. The van der Waals surface area contributed by atoms with Crippen molar-refractivity contribution in [3.8, 4) is 0 Å². The molecule has 0 spiro atoms. The van der Waals surface area contributed by atoms with Crippen molar-refractivity contribution in [3.63, 3.8) is 0 Å². The van der Waals surface area contributed by atoms with Gasteiger partial charge in [-0.15, -0.1) is 0 Å². The van der Waals surface area contributed by atoms with E-state index in [9.17, 15) is 14.7 Å². The van der Waals surface area contributed by atoms with Crippen molar-refractivity contribution < 1.29 is 14.7 Å². The molecular weight excluding hydrogens is 318 g/mol. The molecule has 1 aliphatic carbocycles. The van der Waals surface area contributed by atoms with Crippen LogP contribution in [0, 0.1) is 0 Å². The highest BCUT2D eigenvalue weighted by Crippen LogP contribution is 2.31. The summed E-state index contributed by atoms with van der Waals surface area (Å²) >= 11 is 0. The SMILES string of the molecule is NCCNCC(O)CNc1cccc2c1C(=O)c1ccccc1C2=O. The summed E-state index contributed by atoms with van der Waals surface area (Å²) in [4.78, 5) is 25.5. The molecular formula is C19H21N3O3. The van der Waals surface area contributed by atoms with Gasteiger partial charge >= 0.3 is 0 Å². The van der Waals surface area contributed by atoms with Crippen LogP contribution in [0.4, 0.5) is 5.69 Å². The van der Waals surface area contributed by atoms with Crippen LogP contribution in [0.5, 0.6) is 0 Å². The molecule has 0 fully saturated rings. The summed E-state index contributed by atoms with van der Waals surface area (Å²) in [5.74, 6) is -0.331. The first kappa shape index (κ1) is 17.3. The number of carbonyl (C=O) groups excluding carboxylic acids is 2. The van der Waals surface area contributed by atoms with E-state index in [1.807, 2.05) is 0 Å². The highest BCUT2D eigenvalue weighted by molar-refractivity contribution is 6.30.